The van der Waals surface area contributed by atoms with Crippen molar-refractivity contribution in [1.82, 2.24) is 9.78 Å². The molecule has 1 heterocycles. The highest BCUT2D eigenvalue weighted by Gasteiger charge is 2.45. The van der Waals surface area contributed by atoms with Gasteiger partial charge >= 0.3 is 5.97 Å². The first-order valence-electron chi connectivity index (χ1n) is 14.4. The van der Waals surface area contributed by atoms with Crippen LogP contribution in [0.4, 0.5) is 4.39 Å². The molecule has 5 aromatic carbocycles. The molecule has 0 saturated heterocycles. The number of methoxy groups -OCH3 is 1. The molecule has 0 radical (unpaired) electrons. The maximum atomic E-state index is 16.6. The van der Waals surface area contributed by atoms with Crippen molar-refractivity contribution < 1.29 is 13.9 Å². The van der Waals surface area contributed by atoms with Crippen LogP contribution in [0.25, 0.3) is 32.9 Å². The smallest absolute Gasteiger partial charge is 0.340 e. The van der Waals surface area contributed by atoms with Gasteiger partial charge in [-0.2, -0.15) is 5.10 Å². The Morgan fingerprint density at radius 3 is 2.16 bits per heavy atom. The van der Waals surface area contributed by atoms with Crippen molar-refractivity contribution in [2.24, 2.45) is 5.92 Å². The summed E-state index contributed by atoms with van der Waals surface area (Å²) in [6.07, 6.45) is 9.26. The quantitative estimate of drug-likeness (QED) is 0.190. The predicted molar refractivity (Wildman–Crippen MR) is 169 cm³/mol. The summed E-state index contributed by atoms with van der Waals surface area (Å²) >= 11 is 0. The average Bonchev–Trinajstić information content (AvgIpc) is 3.47. The zero-order chi connectivity index (χ0) is 29.4. The molecule has 0 saturated carbocycles. The molecule has 0 spiro atoms. The minimum Gasteiger partial charge on any atom is -0.465 e. The summed E-state index contributed by atoms with van der Waals surface area (Å²) in [5.74, 6) is -1.42. The standard InChI is InChI=1S/C38H29FN2O2/c1-43-37(42)32-23-24-33-34(35(32)39)36(28-22-21-26-13-11-12-14-27(26)25-28)40-41(33)38(29-15-5-2-6-16-29,30-17-7-3-8-18-30)31-19-9-4-10-20-31/h2-19,21-25,31H,20H2,1H3. The van der Waals surface area contributed by atoms with Crippen LogP contribution >= 0.6 is 0 Å². The van der Waals surface area contributed by atoms with Gasteiger partial charge < -0.3 is 4.74 Å². The highest BCUT2D eigenvalue weighted by molar-refractivity contribution is 6.02. The van der Waals surface area contributed by atoms with E-state index < -0.39 is 17.3 Å². The highest BCUT2D eigenvalue weighted by Crippen LogP contribution is 2.47. The van der Waals surface area contributed by atoms with Crippen LogP contribution < -0.4 is 0 Å². The zero-order valence-electron chi connectivity index (χ0n) is 23.7. The normalized spacial score (nSPS) is 14.8. The van der Waals surface area contributed by atoms with Crippen LogP contribution in [-0.2, 0) is 10.3 Å². The fraction of sp³-hybridized carbons (Fsp3) is 0.105. The third-order valence-electron chi connectivity index (χ3n) is 8.49. The van der Waals surface area contributed by atoms with Gasteiger partial charge in [-0.05, 0) is 46.5 Å². The summed E-state index contributed by atoms with van der Waals surface area (Å²) in [5.41, 5.74) is 2.91. The summed E-state index contributed by atoms with van der Waals surface area (Å²) in [6.45, 7) is 0. The van der Waals surface area contributed by atoms with Gasteiger partial charge in [0.25, 0.3) is 0 Å². The molecule has 0 N–H and O–H groups in total. The summed E-state index contributed by atoms with van der Waals surface area (Å²) in [7, 11) is 1.26. The van der Waals surface area contributed by atoms with E-state index in [0.717, 1.165) is 33.9 Å². The van der Waals surface area contributed by atoms with Crippen LogP contribution in [0, 0.1) is 11.7 Å². The lowest BCUT2D eigenvalue weighted by atomic mass is 9.70. The number of halogens is 1. The molecule has 1 aliphatic rings. The van der Waals surface area contributed by atoms with E-state index in [1.807, 2.05) is 83.5 Å². The second-order valence-electron chi connectivity index (χ2n) is 10.8. The molecule has 0 bridgehead atoms. The van der Waals surface area contributed by atoms with Crippen molar-refractivity contribution >= 4 is 27.6 Å². The van der Waals surface area contributed by atoms with Crippen molar-refractivity contribution in [2.45, 2.75) is 12.0 Å². The fourth-order valence-electron chi connectivity index (χ4n) is 6.52. The molecular formula is C38H29FN2O2. The Morgan fingerprint density at radius 1 is 0.837 bits per heavy atom. The minimum absolute atomic E-state index is 0.0433. The van der Waals surface area contributed by atoms with Gasteiger partial charge in [0.15, 0.2) is 0 Å². The first-order chi connectivity index (χ1) is 21.1. The third-order valence-corrected chi connectivity index (χ3v) is 8.49. The number of allylic oxidation sites excluding steroid dienone is 4. The van der Waals surface area contributed by atoms with Crippen molar-refractivity contribution in [1.29, 1.82) is 0 Å². The van der Waals surface area contributed by atoms with Gasteiger partial charge in [-0.1, -0.05) is 121 Å². The summed E-state index contributed by atoms with van der Waals surface area (Å²) < 4.78 is 23.6. The lowest BCUT2D eigenvalue weighted by Gasteiger charge is -2.42. The van der Waals surface area contributed by atoms with Crippen LogP contribution in [0.3, 0.4) is 0 Å². The Hall–Kier alpha value is -5.29. The molecule has 1 aromatic heterocycles. The van der Waals surface area contributed by atoms with E-state index in [1.54, 1.807) is 6.07 Å². The number of carbonyl (C=O) groups is 1. The Labute approximate surface area is 249 Å². The monoisotopic (exact) mass is 564 g/mol. The van der Waals surface area contributed by atoms with Gasteiger partial charge in [-0.15, -0.1) is 0 Å². The van der Waals surface area contributed by atoms with Gasteiger partial charge in [0, 0.05) is 11.5 Å². The average molecular weight is 565 g/mol. The lowest BCUT2D eigenvalue weighted by molar-refractivity contribution is 0.0596. The molecule has 6 aromatic rings. The Kier molecular flexibility index (Phi) is 6.71. The van der Waals surface area contributed by atoms with Crippen molar-refractivity contribution in [3.8, 4) is 11.3 Å². The molecule has 1 atom stereocenters. The Bertz CT molecular complexity index is 1990. The number of aromatic nitrogens is 2. The number of benzene rings is 5. The van der Waals surface area contributed by atoms with E-state index in [1.165, 1.54) is 13.2 Å². The van der Waals surface area contributed by atoms with Crippen LogP contribution in [0.1, 0.15) is 27.9 Å². The molecule has 1 aliphatic carbocycles. The van der Waals surface area contributed by atoms with E-state index in [4.69, 9.17) is 9.84 Å². The van der Waals surface area contributed by atoms with Crippen LogP contribution in [0.5, 0.6) is 0 Å². The summed E-state index contributed by atoms with van der Waals surface area (Å²) in [4.78, 5) is 12.7. The number of esters is 1. The zero-order valence-corrected chi connectivity index (χ0v) is 23.7. The van der Waals surface area contributed by atoms with Crippen molar-refractivity contribution in [3.05, 3.63) is 162 Å². The number of hydrogen-bond acceptors (Lipinski definition) is 3. The van der Waals surface area contributed by atoms with Gasteiger partial charge in [0.1, 0.15) is 17.1 Å². The second-order valence-corrected chi connectivity index (χ2v) is 10.8. The third kappa shape index (κ3) is 4.28. The molecule has 1 unspecified atom stereocenters. The van der Waals surface area contributed by atoms with Crippen LogP contribution in [0.2, 0.25) is 0 Å². The van der Waals surface area contributed by atoms with E-state index in [9.17, 15) is 4.79 Å². The fourth-order valence-corrected chi connectivity index (χ4v) is 6.52. The molecule has 210 valence electrons. The first-order valence-corrected chi connectivity index (χ1v) is 14.4. The second kappa shape index (κ2) is 10.8. The van der Waals surface area contributed by atoms with Gasteiger partial charge in [-0.25, -0.2) is 13.9 Å². The SMILES string of the molecule is COC(=O)c1ccc2c(c(-c3ccc4ccccc4c3)nn2C(c2ccccc2)(c2ccccc2)C2C=CC=CC2)c1F. The lowest BCUT2D eigenvalue weighted by Crippen LogP contribution is -2.44. The number of fused-ring (bicyclic) bond motifs is 2. The predicted octanol–water partition coefficient (Wildman–Crippen LogP) is 8.71. The minimum atomic E-state index is -0.837. The van der Waals surface area contributed by atoms with Crippen LogP contribution in [-0.4, -0.2) is 22.9 Å². The van der Waals surface area contributed by atoms with E-state index >= 15 is 4.39 Å². The summed E-state index contributed by atoms with van der Waals surface area (Å²) in [6, 6.07) is 37.9. The molecule has 43 heavy (non-hydrogen) atoms. The molecule has 4 nitrogen and oxygen atoms in total. The summed E-state index contributed by atoms with van der Waals surface area (Å²) in [5, 5.41) is 7.70. The molecule has 0 aliphatic heterocycles. The van der Waals surface area contributed by atoms with Gasteiger partial charge in [0.2, 0.25) is 0 Å². The number of ether oxygens (including phenoxy) is 1. The largest absolute Gasteiger partial charge is 0.465 e. The van der Waals surface area contributed by atoms with Crippen molar-refractivity contribution in [2.75, 3.05) is 7.11 Å². The molecule has 5 heteroatoms. The number of carbonyl (C=O) groups excluding carboxylic acids is 1. The van der Waals surface area contributed by atoms with E-state index in [2.05, 4.69) is 48.6 Å². The Balaban J connectivity index is 1.63. The highest BCUT2D eigenvalue weighted by atomic mass is 19.1. The maximum Gasteiger partial charge on any atom is 0.340 e. The number of rotatable bonds is 6. The number of hydrogen-bond donors (Lipinski definition) is 0. The maximum absolute atomic E-state index is 16.6. The topological polar surface area (TPSA) is 44.1 Å². The first kappa shape index (κ1) is 26.6. The van der Waals surface area contributed by atoms with Crippen LogP contribution in [0.15, 0.2) is 140 Å². The molecular weight excluding hydrogens is 535 g/mol. The molecule has 7 rings (SSSR count). The van der Waals surface area contributed by atoms with Gasteiger partial charge in [0.05, 0.1) is 23.6 Å². The Morgan fingerprint density at radius 2 is 1.51 bits per heavy atom. The van der Waals surface area contributed by atoms with E-state index in [-0.39, 0.29) is 16.9 Å². The molecule has 0 fully saturated rings. The van der Waals surface area contributed by atoms with Gasteiger partial charge in [-0.3, -0.25) is 0 Å². The van der Waals surface area contributed by atoms with Crippen molar-refractivity contribution in [3.63, 3.8) is 0 Å². The van der Waals surface area contributed by atoms with E-state index in [0.29, 0.717) is 11.2 Å². The number of nitrogens with zero attached hydrogens (tertiary/aromatic N) is 2. The molecule has 0 amide bonds.